The molecule has 0 aliphatic carbocycles. The number of nitriles is 1. The van der Waals surface area contributed by atoms with E-state index in [1.54, 1.807) is 32.3 Å². The summed E-state index contributed by atoms with van der Waals surface area (Å²) < 4.78 is 10.9. The van der Waals surface area contributed by atoms with Gasteiger partial charge in [0, 0.05) is 16.3 Å². The Bertz CT molecular complexity index is 1330. The maximum absolute atomic E-state index is 9.49. The third-order valence-corrected chi connectivity index (χ3v) is 6.36. The number of nitrogens with zero attached hydrogens (tertiary/aromatic N) is 3. The lowest BCUT2D eigenvalue weighted by Crippen LogP contribution is -2.13. The first-order valence-electron chi connectivity index (χ1n) is 10.1. The minimum absolute atomic E-state index is 0.539. The van der Waals surface area contributed by atoms with E-state index in [1.807, 2.05) is 44.2 Å². The van der Waals surface area contributed by atoms with Crippen LogP contribution in [0.5, 0.6) is 11.5 Å². The van der Waals surface area contributed by atoms with E-state index in [4.69, 9.17) is 9.47 Å². The first-order chi connectivity index (χ1) is 15.4. The number of benzene rings is 3. The van der Waals surface area contributed by atoms with Gasteiger partial charge in [-0.05, 0) is 54.8 Å². The molecule has 160 valence electrons. The van der Waals surface area contributed by atoms with Crippen molar-refractivity contribution in [1.29, 1.82) is 5.26 Å². The molecule has 0 N–H and O–H groups in total. The van der Waals surface area contributed by atoms with Crippen LogP contribution in [0.2, 0.25) is 0 Å². The standard InChI is InChI=1S/C26H23N3O2S/c1-26(2,15-27)19-9-5-7-17(11-19)18-8-6-10-20(12-18)32-25-21-13-23(30-3)24(31-4)14-22(21)28-16-29-25/h5-14,16H,1-4H3. The van der Waals surface area contributed by atoms with Gasteiger partial charge in [0.15, 0.2) is 11.5 Å². The lowest BCUT2D eigenvalue weighted by molar-refractivity contribution is 0.355. The molecule has 6 heteroatoms. The third kappa shape index (κ3) is 4.25. The summed E-state index contributed by atoms with van der Waals surface area (Å²) in [6, 6.07) is 22.6. The summed E-state index contributed by atoms with van der Waals surface area (Å²) in [4.78, 5) is 9.96. The Morgan fingerprint density at radius 1 is 0.875 bits per heavy atom. The van der Waals surface area contributed by atoms with Gasteiger partial charge in [0.1, 0.15) is 11.4 Å². The van der Waals surface area contributed by atoms with Crippen molar-refractivity contribution in [3.05, 3.63) is 72.6 Å². The molecule has 0 radical (unpaired) electrons. The molecule has 0 aliphatic rings. The van der Waals surface area contributed by atoms with E-state index in [1.165, 1.54) is 0 Å². The van der Waals surface area contributed by atoms with Gasteiger partial charge < -0.3 is 9.47 Å². The van der Waals surface area contributed by atoms with Crippen molar-refractivity contribution in [3.63, 3.8) is 0 Å². The third-order valence-electron chi connectivity index (χ3n) is 5.35. The molecule has 0 saturated heterocycles. The Balaban J connectivity index is 1.71. The highest BCUT2D eigenvalue weighted by Gasteiger charge is 2.20. The minimum Gasteiger partial charge on any atom is -0.493 e. The number of ether oxygens (including phenoxy) is 2. The highest BCUT2D eigenvalue weighted by atomic mass is 32.2. The van der Waals surface area contributed by atoms with Crippen molar-refractivity contribution < 1.29 is 9.47 Å². The molecule has 0 atom stereocenters. The van der Waals surface area contributed by atoms with Crippen molar-refractivity contribution >= 4 is 22.7 Å². The van der Waals surface area contributed by atoms with Gasteiger partial charge in [0.25, 0.3) is 0 Å². The summed E-state index contributed by atoms with van der Waals surface area (Å²) in [6.45, 7) is 3.86. The Labute approximate surface area is 192 Å². The highest BCUT2D eigenvalue weighted by Crippen LogP contribution is 2.38. The first kappa shape index (κ1) is 21.7. The quantitative estimate of drug-likeness (QED) is 0.329. The predicted molar refractivity (Wildman–Crippen MR) is 127 cm³/mol. The lowest BCUT2D eigenvalue weighted by atomic mass is 9.85. The molecule has 0 bridgehead atoms. The largest absolute Gasteiger partial charge is 0.493 e. The molecule has 0 saturated carbocycles. The zero-order chi connectivity index (χ0) is 22.7. The average molecular weight is 442 g/mol. The van der Waals surface area contributed by atoms with E-state index in [-0.39, 0.29) is 0 Å². The Morgan fingerprint density at radius 3 is 2.28 bits per heavy atom. The maximum atomic E-state index is 9.49. The van der Waals surface area contributed by atoms with E-state index < -0.39 is 5.41 Å². The van der Waals surface area contributed by atoms with E-state index in [0.717, 1.165) is 37.5 Å². The van der Waals surface area contributed by atoms with Gasteiger partial charge in [-0.2, -0.15) is 5.26 Å². The molecular formula is C26H23N3O2S. The molecule has 1 aromatic heterocycles. The molecule has 32 heavy (non-hydrogen) atoms. The smallest absolute Gasteiger partial charge is 0.162 e. The fraction of sp³-hybridized carbons (Fsp3) is 0.192. The summed E-state index contributed by atoms with van der Waals surface area (Å²) in [6.07, 6.45) is 1.56. The van der Waals surface area contributed by atoms with Crippen LogP contribution in [0.25, 0.3) is 22.0 Å². The summed E-state index contributed by atoms with van der Waals surface area (Å²) >= 11 is 1.57. The average Bonchev–Trinajstić information content (AvgIpc) is 2.83. The Hall–Kier alpha value is -3.56. The molecule has 5 nitrogen and oxygen atoms in total. The Kier molecular flexibility index (Phi) is 6.02. The molecule has 4 rings (SSSR count). The fourth-order valence-electron chi connectivity index (χ4n) is 3.44. The van der Waals surface area contributed by atoms with Crippen LogP contribution in [0, 0.1) is 11.3 Å². The van der Waals surface area contributed by atoms with Crippen LogP contribution in [0.3, 0.4) is 0 Å². The van der Waals surface area contributed by atoms with Crippen LogP contribution in [0.15, 0.2) is 76.9 Å². The number of hydrogen-bond acceptors (Lipinski definition) is 6. The van der Waals surface area contributed by atoms with Crippen LogP contribution in [0.4, 0.5) is 0 Å². The van der Waals surface area contributed by atoms with Crippen molar-refractivity contribution in [2.45, 2.75) is 29.2 Å². The number of fused-ring (bicyclic) bond motifs is 1. The molecule has 0 fully saturated rings. The number of hydrogen-bond donors (Lipinski definition) is 0. The second-order valence-corrected chi connectivity index (χ2v) is 8.91. The lowest BCUT2D eigenvalue weighted by Gasteiger charge is -2.17. The van der Waals surface area contributed by atoms with E-state index in [0.29, 0.717) is 11.5 Å². The van der Waals surface area contributed by atoms with Crippen LogP contribution < -0.4 is 9.47 Å². The maximum Gasteiger partial charge on any atom is 0.162 e. The van der Waals surface area contributed by atoms with Crippen LogP contribution >= 0.6 is 11.8 Å². The highest BCUT2D eigenvalue weighted by molar-refractivity contribution is 7.99. The molecule has 0 aliphatic heterocycles. The van der Waals surface area contributed by atoms with Gasteiger partial charge in [0.05, 0.1) is 31.2 Å². The summed E-state index contributed by atoms with van der Waals surface area (Å²) in [5, 5.41) is 11.2. The minimum atomic E-state index is -0.539. The van der Waals surface area contributed by atoms with Crippen LogP contribution in [-0.4, -0.2) is 24.2 Å². The zero-order valence-electron chi connectivity index (χ0n) is 18.4. The van der Waals surface area contributed by atoms with Crippen molar-refractivity contribution in [3.8, 4) is 28.7 Å². The van der Waals surface area contributed by atoms with E-state index >= 15 is 0 Å². The summed E-state index contributed by atoms with van der Waals surface area (Å²) in [5.41, 5.74) is 3.42. The van der Waals surface area contributed by atoms with Gasteiger partial charge in [-0.3, -0.25) is 0 Å². The monoisotopic (exact) mass is 441 g/mol. The Morgan fingerprint density at radius 2 is 1.56 bits per heavy atom. The van der Waals surface area contributed by atoms with Crippen molar-refractivity contribution in [2.24, 2.45) is 0 Å². The van der Waals surface area contributed by atoms with Gasteiger partial charge in [-0.15, -0.1) is 0 Å². The second kappa shape index (κ2) is 8.89. The second-order valence-electron chi connectivity index (χ2n) is 7.85. The fourth-order valence-corrected chi connectivity index (χ4v) is 4.37. The molecule has 3 aromatic carbocycles. The number of aromatic nitrogens is 2. The zero-order valence-corrected chi connectivity index (χ0v) is 19.2. The summed E-state index contributed by atoms with van der Waals surface area (Å²) in [5.74, 6) is 1.28. The van der Waals surface area contributed by atoms with Gasteiger partial charge in [-0.25, -0.2) is 9.97 Å². The van der Waals surface area contributed by atoms with Crippen LogP contribution in [-0.2, 0) is 5.41 Å². The first-order valence-corrected chi connectivity index (χ1v) is 10.9. The number of rotatable bonds is 6. The van der Waals surface area contributed by atoms with E-state index in [2.05, 4.69) is 46.4 Å². The van der Waals surface area contributed by atoms with Gasteiger partial charge in [-0.1, -0.05) is 42.1 Å². The molecule has 0 spiro atoms. The van der Waals surface area contributed by atoms with Crippen molar-refractivity contribution in [2.75, 3.05) is 14.2 Å². The predicted octanol–water partition coefficient (Wildman–Crippen LogP) is 6.27. The molecule has 1 heterocycles. The van der Waals surface area contributed by atoms with Gasteiger partial charge >= 0.3 is 0 Å². The molecule has 0 amide bonds. The normalized spacial score (nSPS) is 11.2. The van der Waals surface area contributed by atoms with Gasteiger partial charge in [0.2, 0.25) is 0 Å². The SMILES string of the molecule is COc1cc2ncnc(Sc3cccc(-c4cccc(C(C)(C)C#N)c4)c3)c2cc1OC. The van der Waals surface area contributed by atoms with Crippen molar-refractivity contribution in [1.82, 2.24) is 9.97 Å². The topological polar surface area (TPSA) is 68.0 Å². The number of methoxy groups -OCH3 is 2. The summed E-state index contributed by atoms with van der Waals surface area (Å²) in [7, 11) is 3.23. The molecule has 0 unspecified atom stereocenters. The van der Waals surface area contributed by atoms with E-state index in [9.17, 15) is 5.26 Å². The van der Waals surface area contributed by atoms with Crippen LogP contribution in [0.1, 0.15) is 19.4 Å². The molecular weight excluding hydrogens is 418 g/mol. The molecule has 4 aromatic rings.